The van der Waals surface area contributed by atoms with Gasteiger partial charge in [0.25, 0.3) is 0 Å². The lowest BCUT2D eigenvalue weighted by molar-refractivity contribution is -0.123. The molecule has 0 unspecified atom stereocenters. The first-order valence-electron chi connectivity index (χ1n) is 11.0. The van der Waals surface area contributed by atoms with Crippen molar-refractivity contribution in [3.8, 4) is 11.1 Å². The number of fused-ring (bicyclic) bond motifs is 1. The van der Waals surface area contributed by atoms with E-state index in [-0.39, 0.29) is 17.9 Å². The van der Waals surface area contributed by atoms with Crippen LogP contribution in [0.25, 0.3) is 11.1 Å². The van der Waals surface area contributed by atoms with Crippen LogP contribution in [0.5, 0.6) is 0 Å². The minimum Gasteiger partial charge on any atom is -0.384 e. The minimum absolute atomic E-state index is 0.115. The number of aromatic nitrogens is 1. The molecular formula is C24H23ClFN5O3S. The third kappa shape index (κ3) is 4.22. The van der Waals surface area contributed by atoms with Crippen LogP contribution in [0.1, 0.15) is 12.5 Å². The molecule has 5 rings (SSSR count). The zero-order valence-electron chi connectivity index (χ0n) is 18.8. The second kappa shape index (κ2) is 8.47. The number of hydrogen-bond donors (Lipinski definition) is 2. The van der Waals surface area contributed by atoms with Gasteiger partial charge in [-0.25, -0.2) is 22.9 Å². The number of rotatable bonds is 4. The predicted molar refractivity (Wildman–Crippen MR) is 133 cm³/mol. The maximum Gasteiger partial charge on any atom is 0.241 e. The van der Waals surface area contributed by atoms with Crippen molar-refractivity contribution in [1.29, 1.82) is 0 Å². The van der Waals surface area contributed by atoms with E-state index in [1.807, 2.05) is 31.2 Å². The van der Waals surface area contributed by atoms with Crippen LogP contribution in [-0.4, -0.2) is 38.4 Å². The molecular weight excluding hydrogens is 493 g/mol. The molecule has 2 aromatic carbocycles. The lowest BCUT2D eigenvalue weighted by Gasteiger charge is -2.42. The van der Waals surface area contributed by atoms with Gasteiger partial charge in [-0.3, -0.25) is 4.79 Å². The number of sulfonamides is 1. The molecule has 0 saturated carbocycles. The van der Waals surface area contributed by atoms with E-state index in [0.717, 1.165) is 22.9 Å². The number of hydrogen-bond acceptors (Lipinski definition) is 6. The fourth-order valence-corrected chi connectivity index (χ4v) is 5.60. The van der Waals surface area contributed by atoms with E-state index in [4.69, 9.17) is 22.5 Å². The van der Waals surface area contributed by atoms with Crippen LogP contribution in [0, 0.1) is 11.7 Å². The van der Waals surface area contributed by atoms with Crippen molar-refractivity contribution in [3.05, 3.63) is 65.1 Å². The Morgan fingerprint density at radius 2 is 1.86 bits per heavy atom. The lowest BCUT2D eigenvalue weighted by Crippen LogP contribution is -2.55. The van der Waals surface area contributed by atoms with Crippen molar-refractivity contribution in [2.45, 2.75) is 24.3 Å². The number of nitrogens with zero attached hydrogens (tertiary/aromatic N) is 3. The van der Waals surface area contributed by atoms with Gasteiger partial charge < -0.3 is 15.5 Å². The molecule has 0 spiro atoms. The number of benzene rings is 2. The van der Waals surface area contributed by atoms with E-state index in [9.17, 15) is 17.6 Å². The van der Waals surface area contributed by atoms with E-state index in [0.29, 0.717) is 41.6 Å². The number of carbonyl (C=O) groups is 1. The van der Waals surface area contributed by atoms with E-state index in [2.05, 4.69) is 9.88 Å². The molecule has 4 N–H and O–H groups in total. The molecule has 2 aliphatic rings. The Balaban J connectivity index is 1.30. The molecule has 1 atom stereocenters. The van der Waals surface area contributed by atoms with Crippen molar-refractivity contribution in [2.24, 2.45) is 11.1 Å². The van der Waals surface area contributed by atoms with E-state index in [1.165, 1.54) is 6.07 Å². The van der Waals surface area contributed by atoms with Gasteiger partial charge in [0.2, 0.25) is 15.9 Å². The summed E-state index contributed by atoms with van der Waals surface area (Å²) >= 11 is 6.28. The van der Waals surface area contributed by atoms with Crippen LogP contribution in [0.4, 0.5) is 21.6 Å². The number of pyridine rings is 1. The number of nitrogen functional groups attached to an aromatic ring is 1. The highest BCUT2D eigenvalue weighted by atomic mass is 35.5. The Morgan fingerprint density at radius 1 is 1.17 bits per heavy atom. The van der Waals surface area contributed by atoms with Gasteiger partial charge in [-0.2, -0.15) is 0 Å². The molecule has 1 amide bonds. The Hall–Kier alpha value is -3.21. The lowest BCUT2D eigenvalue weighted by atomic mass is 9.96. The van der Waals surface area contributed by atoms with Crippen LogP contribution in [-0.2, 0) is 21.2 Å². The number of primary sulfonamides is 1. The zero-order valence-corrected chi connectivity index (χ0v) is 20.4. The summed E-state index contributed by atoms with van der Waals surface area (Å²) in [5, 5.41) is 5.67. The first kappa shape index (κ1) is 23.5. The molecule has 35 heavy (non-hydrogen) atoms. The maximum absolute atomic E-state index is 14.3. The van der Waals surface area contributed by atoms with Gasteiger partial charge in [0, 0.05) is 42.3 Å². The monoisotopic (exact) mass is 515 g/mol. The summed E-state index contributed by atoms with van der Waals surface area (Å²) in [5.74, 6) is -0.924. The van der Waals surface area contributed by atoms with Crippen LogP contribution in [0.3, 0.4) is 0 Å². The SMILES string of the molecule is C[C@H]1Cc2cc(F)c(S(N)(=O)=O)cc2N1C(=O)C1CN(c2ccc(-c3cnc(N)cc3Cl)cc2)C1. The van der Waals surface area contributed by atoms with Crippen LogP contribution >= 0.6 is 11.6 Å². The van der Waals surface area contributed by atoms with Crippen LogP contribution in [0.15, 0.2) is 53.6 Å². The summed E-state index contributed by atoms with van der Waals surface area (Å²) in [4.78, 5) is 20.5. The standard InChI is InChI=1S/C24H23ClFN5O3S/c1-13-6-15-7-20(26)22(35(28,33)34)9-21(15)31(13)24(32)16-11-30(12-16)17-4-2-14(3-5-17)18-10-29-23(27)8-19(18)25/h2-5,7-10,13,16H,6,11-12H2,1H3,(H2,27,29)(H2,28,33,34)/t13-/m0/s1. The molecule has 1 saturated heterocycles. The third-order valence-electron chi connectivity index (χ3n) is 6.54. The summed E-state index contributed by atoms with van der Waals surface area (Å²) in [6, 6.07) is 11.5. The third-order valence-corrected chi connectivity index (χ3v) is 7.78. The number of halogens is 2. The second-order valence-corrected chi connectivity index (χ2v) is 10.9. The normalized spacial score (nSPS) is 17.9. The topological polar surface area (TPSA) is 123 Å². The number of amides is 1. The van der Waals surface area contributed by atoms with Crippen LogP contribution in [0.2, 0.25) is 5.02 Å². The van der Waals surface area contributed by atoms with Gasteiger partial charge in [0.1, 0.15) is 16.5 Å². The van der Waals surface area contributed by atoms with Gasteiger partial charge in [-0.05, 0) is 54.8 Å². The molecule has 182 valence electrons. The highest BCUT2D eigenvalue weighted by molar-refractivity contribution is 7.89. The first-order chi connectivity index (χ1) is 16.5. The van der Waals surface area contributed by atoms with Crippen molar-refractivity contribution in [3.63, 3.8) is 0 Å². The van der Waals surface area contributed by atoms with Gasteiger partial charge in [0.05, 0.1) is 10.9 Å². The van der Waals surface area contributed by atoms with E-state index >= 15 is 0 Å². The summed E-state index contributed by atoms with van der Waals surface area (Å²) in [6.07, 6.45) is 2.08. The number of carbonyl (C=O) groups excluding carboxylic acids is 1. The molecule has 1 aromatic heterocycles. The molecule has 3 aromatic rings. The average molecular weight is 516 g/mol. The molecule has 0 aliphatic carbocycles. The smallest absolute Gasteiger partial charge is 0.241 e. The van der Waals surface area contributed by atoms with Crippen LogP contribution < -0.4 is 20.7 Å². The maximum atomic E-state index is 14.3. The number of nitrogens with two attached hydrogens (primary N) is 2. The quantitative estimate of drug-likeness (QED) is 0.550. The molecule has 1 fully saturated rings. The molecule has 8 nitrogen and oxygen atoms in total. The van der Waals surface area contributed by atoms with Crippen molar-refractivity contribution < 1.29 is 17.6 Å². The van der Waals surface area contributed by atoms with Crippen molar-refractivity contribution in [1.82, 2.24) is 4.98 Å². The molecule has 0 radical (unpaired) electrons. The van der Waals surface area contributed by atoms with E-state index in [1.54, 1.807) is 17.2 Å². The van der Waals surface area contributed by atoms with Gasteiger partial charge >= 0.3 is 0 Å². The molecule has 11 heteroatoms. The minimum atomic E-state index is -4.25. The summed E-state index contributed by atoms with van der Waals surface area (Å²) in [6.45, 7) is 2.90. The summed E-state index contributed by atoms with van der Waals surface area (Å²) in [7, 11) is -4.25. The fourth-order valence-electron chi connectivity index (χ4n) is 4.72. The number of anilines is 3. The van der Waals surface area contributed by atoms with Gasteiger partial charge in [0.15, 0.2) is 0 Å². The zero-order chi connectivity index (χ0) is 25.1. The highest BCUT2D eigenvalue weighted by Crippen LogP contribution is 2.38. The Labute approximate surface area is 207 Å². The first-order valence-corrected chi connectivity index (χ1v) is 12.9. The highest BCUT2D eigenvalue weighted by Gasteiger charge is 2.41. The summed E-state index contributed by atoms with van der Waals surface area (Å²) in [5.41, 5.74) is 9.31. The predicted octanol–water partition coefficient (Wildman–Crippen LogP) is 3.18. The van der Waals surface area contributed by atoms with E-state index < -0.39 is 20.7 Å². The fraction of sp³-hybridized carbons (Fsp3) is 0.250. The Kier molecular flexibility index (Phi) is 5.70. The largest absolute Gasteiger partial charge is 0.384 e. The molecule has 0 bridgehead atoms. The summed E-state index contributed by atoms with van der Waals surface area (Å²) < 4.78 is 37.8. The second-order valence-electron chi connectivity index (χ2n) is 8.96. The van der Waals surface area contributed by atoms with Gasteiger partial charge in [-0.15, -0.1) is 0 Å². The Morgan fingerprint density at radius 3 is 2.49 bits per heavy atom. The Bertz CT molecular complexity index is 1440. The molecule has 2 aliphatic heterocycles. The van der Waals surface area contributed by atoms with Crippen molar-refractivity contribution >= 4 is 44.7 Å². The molecule has 3 heterocycles. The van der Waals surface area contributed by atoms with Gasteiger partial charge in [-0.1, -0.05) is 23.7 Å². The average Bonchev–Trinajstić information content (AvgIpc) is 3.06. The van der Waals surface area contributed by atoms with Crippen molar-refractivity contribution in [2.75, 3.05) is 28.6 Å².